The van der Waals surface area contributed by atoms with Gasteiger partial charge in [0.25, 0.3) is 0 Å². The van der Waals surface area contributed by atoms with Crippen LogP contribution in [0.1, 0.15) is 37.8 Å². The molecule has 3 aromatic rings. The zero-order valence-corrected chi connectivity index (χ0v) is 18.4. The summed E-state index contributed by atoms with van der Waals surface area (Å²) in [6.07, 6.45) is 2.31. The lowest BCUT2D eigenvalue weighted by Gasteiger charge is -2.17. The minimum absolute atomic E-state index is 0.0189. The number of hydrogen-bond acceptors (Lipinski definition) is 8. The minimum Gasteiger partial charge on any atom is -0.503 e. The summed E-state index contributed by atoms with van der Waals surface area (Å²) in [7, 11) is -3.83. The van der Waals surface area contributed by atoms with Crippen LogP contribution in [0.5, 0.6) is 5.75 Å². The number of para-hydroxylation sites is 1. The predicted molar refractivity (Wildman–Crippen MR) is 116 cm³/mol. The second-order valence-electron chi connectivity index (χ2n) is 7.55. The third-order valence-electron chi connectivity index (χ3n) is 5.48. The molecule has 0 unspecified atom stereocenters. The molecule has 1 fully saturated rings. The zero-order valence-electron chi connectivity index (χ0n) is 17.6. The van der Waals surface area contributed by atoms with Gasteiger partial charge in [-0.2, -0.15) is 4.31 Å². The third kappa shape index (κ3) is 4.21. The van der Waals surface area contributed by atoms with Crippen LogP contribution >= 0.6 is 0 Å². The van der Waals surface area contributed by atoms with Gasteiger partial charge in [0.05, 0.1) is 6.04 Å². The molecule has 0 radical (unpaired) electrons. The Kier molecular flexibility index (Phi) is 6.19. The summed E-state index contributed by atoms with van der Waals surface area (Å²) < 4.78 is 32.1. The molecule has 4 rings (SSSR count). The van der Waals surface area contributed by atoms with Gasteiger partial charge in [-0.05, 0) is 37.0 Å². The van der Waals surface area contributed by atoms with E-state index in [4.69, 9.17) is 4.63 Å². The number of hydrogen-bond donors (Lipinski definition) is 4. The van der Waals surface area contributed by atoms with Gasteiger partial charge in [0, 0.05) is 13.1 Å². The van der Waals surface area contributed by atoms with Gasteiger partial charge >= 0.3 is 11.6 Å². The Morgan fingerprint density at radius 2 is 1.88 bits per heavy atom. The SMILES string of the molecule is CC[C@@H](Nc1no[n+](O)c1Nc1cccc(S(=O)(=O)N2CCCC2)c1O)c1ccccc1. The topological polar surface area (TPSA) is 132 Å². The molecule has 4 N–H and O–H groups in total. The molecule has 11 heteroatoms. The fourth-order valence-electron chi connectivity index (χ4n) is 3.75. The van der Waals surface area contributed by atoms with Crippen molar-refractivity contribution in [3.63, 3.8) is 0 Å². The maximum atomic E-state index is 12.9. The summed E-state index contributed by atoms with van der Waals surface area (Å²) in [5, 5.41) is 30.7. The number of nitrogens with one attached hydrogen (secondary N) is 2. The van der Waals surface area contributed by atoms with Gasteiger partial charge in [-0.3, -0.25) is 5.32 Å². The molecule has 0 amide bonds. The number of rotatable bonds is 8. The number of nitrogens with zero attached hydrogens (tertiary/aromatic N) is 3. The summed E-state index contributed by atoms with van der Waals surface area (Å²) in [5.74, 6) is -0.220. The zero-order chi connectivity index (χ0) is 22.7. The van der Waals surface area contributed by atoms with E-state index in [-0.39, 0.29) is 28.3 Å². The number of aromatic nitrogens is 2. The molecule has 170 valence electrons. The van der Waals surface area contributed by atoms with Crippen LogP contribution in [0, 0.1) is 0 Å². The first kappa shape index (κ1) is 21.9. The molecule has 1 aliphatic rings. The predicted octanol–water partition coefficient (Wildman–Crippen LogP) is 3.00. The highest BCUT2D eigenvalue weighted by atomic mass is 32.2. The lowest BCUT2D eigenvalue weighted by Crippen LogP contribution is -2.30. The van der Waals surface area contributed by atoms with Crippen molar-refractivity contribution in [1.82, 2.24) is 9.46 Å². The highest BCUT2D eigenvalue weighted by Crippen LogP contribution is 2.36. The molecular formula is C21H26N5O5S+. The molecule has 2 aromatic carbocycles. The van der Waals surface area contributed by atoms with E-state index in [1.807, 2.05) is 37.3 Å². The average Bonchev–Trinajstić information content (AvgIpc) is 3.45. The summed E-state index contributed by atoms with van der Waals surface area (Å²) >= 11 is 0. The van der Waals surface area contributed by atoms with E-state index >= 15 is 0 Å². The number of anilines is 3. The molecule has 1 atom stereocenters. The summed E-state index contributed by atoms with van der Waals surface area (Å²) in [6, 6.07) is 14.0. The standard InChI is InChI=1S/C21H25N5O5S/c1-2-16(15-9-4-3-5-10-15)22-20-21(26(28)31-24-20)23-17-11-8-12-18(19(17)27)32(29,30)25-13-6-7-14-25/h3-5,8-12,16,28H,2,6-7,13-14H2,1H3,(H2,22,24,27)/p+1/t16-/m1/s1. The Labute approximate surface area is 186 Å². The van der Waals surface area contributed by atoms with E-state index in [2.05, 4.69) is 15.8 Å². The van der Waals surface area contributed by atoms with E-state index in [1.54, 1.807) is 0 Å². The van der Waals surface area contributed by atoms with Crippen LogP contribution in [-0.4, -0.2) is 41.3 Å². The molecule has 1 aliphatic heterocycles. The second-order valence-corrected chi connectivity index (χ2v) is 9.45. The first-order chi connectivity index (χ1) is 15.4. The van der Waals surface area contributed by atoms with Crippen molar-refractivity contribution < 1.29 is 28.3 Å². The summed E-state index contributed by atoms with van der Waals surface area (Å²) in [5.41, 5.74) is 1.11. The highest BCUT2D eigenvalue weighted by Gasteiger charge is 2.32. The van der Waals surface area contributed by atoms with Gasteiger partial charge in [-0.25, -0.2) is 8.42 Å². The van der Waals surface area contributed by atoms with Crippen LogP contribution in [0.25, 0.3) is 0 Å². The van der Waals surface area contributed by atoms with E-state index in [0.29, 0.717) is 18.0 Å². The fraction of sp³-hybridized carbons (Fsp3) is 0.333. The molecule has 0 saturated carbocycles. The van der Waals surface area contributed by atoms with E-state index < -0.39 is 15.8 Å². The third-order valence-corrected chi connectivity index (χ3v) is 7.41. The molecule has 0 aliphatic carbocycles. The minimum atomic E-state index is -3.83. The van der Waals surface area contributed by atoms with Gasteiger partial charge in [-0.1, -0.05) is 48.0 Å². The Hall–Kier alpha value is -3.31. The van der Waals surface area contributed by atoms with Crippen molar-refractivity contribution in [3.05, 3.63) is 54.1 Å². The normalized spacial score (nSPS) is 15.5. The number of phenols is 1. The van der Waals surface area contributed by atoms with E-state index in [1.165, 1.54) is 22.5 Å². The number of sulfonamides is 1. The van der Waals surface area contributed by atoms with E-state index in [0.717, 1.165) is 24.8 Å². The average molecular weight is 461 g/mol. The van der Waals surface area contributed by atoms with E-state index in [9.17, 15) is 18.7 Å². The lowest BCUT2D eigenvalue weighted by molar-refractivity contribution is -1.03. The second kappa shape index (κ2) is 9.05. The van der Waals surface area contributed by atoms with Crippen molar-refractivity contribution in [2.75, 3.05) is 23.7 Å². The van der Waals surface area contributed by atoms with Gasteiger partial charge in [-0.15, -0.1) is 0 Å². The van der Waals surface area contributed by atoms with Crippen molar-refractivity contribution in [2.45, 2.75) is 37.1 Å². The molecule has 10 nitrogen and oxygen atoms in total. The molecule has 32 heavy (non-hydrogen) atoms. The van der Waals surface area contributed by atoms with Crippen LogP contribution < -0.4 is 15.5 Å². The van der Waals surface area contributed by atoms with Crippen molar-refractivity contribution in [1.29, 1.82) is 0 Å². The van der Waals surface area contributed by atoms with Crippen LogP contribution in [0.2, 0.25) is 0 Å². The lowest BCUT2D eigenvalue weighted by atomic mass is 10.0. The molecule has 1 saturated heterocycles. The van der Waals surface area contributed by atoms with Crippen molar-refractivity contribution >= 4 is 27.3 Å². The first-order valence-electron chi connectivity index (χ1n) is 10.4. The monoisotopic (exact) mass is 460 g/mol. The number of benzene rings is 2. The van der Waals surface area contributed by atoms with Gasteiger partial charge in [0.1, 0.15) is 20.6 Å². The summed E-state index contributed by atoms with van der Waals surface area (Å²) in [6.45, 7) is 2.85. The fourth-order valence-corrected chi connectivity index (χ4v) is 5.38. The Balaban J connectivity index is 1.62. The Bertz CT molecular complexity index is 1180. The van der Waals surface area contributed by atoms with Crippen LogP contribution in [0.15, 0.2) is 58.1 Å². The van der Waals surface area contributed by atoms with Gasteiger partial charge in [0.2, 0.25) is 10.0 Å². The van der Waals surface area contributed by atoms with Crippen LogP contribution in [0.4, 0.5) is 17.3 Å². The molecule has 0 spiro atoms. The van der Waals surface area contributed by atoms with Gasteiger partial charge in [0.15, 0.2) is 5.75 Å². The smallest absolute Gasteiger partial charge is 0.370 e. The molecule has 1 aromatic heterocycles. The largest absolute Gasteiger partial charge is 0.503 e. The van der Waals surface area contributed by atoms with Gasteiger partial charge < -0.3 is 15.6 Å². The first-order valence-corrected chi connectivity index (χ1v) is 11.9. The number of phenolic OH excluding ortho intramolecular Hbond substituents is 1. The Morgan fingerprint density at radius 3 is 2.56 bits per heavy atom. The molecular weight excluding hydrogens is 434 g/mol. The summed E-state index contributed by atoms with van der Waals surface area (Å²) in [4.78, 5) is 0.219. The maximum Gasteiger partial charge on any atom is 0.370 e. The molecule has 2 heterocycles. The maximum absolute atomic E-state index is 12.9. The Morgan fingerprint density at radius 1 is 1.16 bits per heavy atom. The van der Waals surface area contributed by atoms with Crippen LogP contribution in [0.3, 0.4) is 0 Å². The quantitative estimate of drug-likeness (QED) is 0.298. The highest BCUT2D eigenvalue weighted by molar-refractivity contribution is 7.89. The van der Waals surface area contributed by atoms with Crippen LogP contribution in [-0.2, 0) is 10.0 Å². The van der Waals surface area contributed by atoms with Crippen molar-refractivity contribution in [2.24, 2.45) is 0 Å². The molecule has 0 bridgehead atoms. The number of aromatic hydroxyl groups is 1. The van der Waals surface area contributed by atoms with Crippen molar-refractivity contribution in [3.8, 4) is 5.75 Å².